The third-order valence-electron chi connectivity index (χ3n) is 1.95. The Morgan fingerprint density at radius 1 is 1.44 bits per heavy atom. The van der Waals surface area contributed by atoms with Crippen LogP contribution in [0.3, 0.4) is 0 Å². The number of nitrogens with one attached hydrogen (secondary N) is 1. The summed E-state index contributed by atoms with van der Waals surface area (Å²) in [6, 6.07) is 0.763. The Morgan fingerprint density at radius 3 is 2.81 bits per heavy atom. The van der Waals surface area contributed by atoms with Crippen molar-refractivity contribution in [3.63, 3.8) is 0 Å². The van der Waals surface area contributed by atoms with Gasteiger partial charge in [-0.3, -0.25) is 4.79 Å². The molecule has 0 aliphatic heterocycles. The highest BCUT2D eigenvalue weighted by Crippen LogP contribution is 2.11. The number of nitrogens with two attached hydrogens (primary N) is 1. The van der Waals surface area contributed by atoms with Crippen LogP contribution in [0.4, 0.5) is 14.6 Å². The summed E-state index contributed by atoms with van der Waals surface area (Å²) < 4.78 is 25.5. The molecule has 1 heterocycles. The SMILES string of the molecule is NC(=O)CCCCNc1ncc(F)cc1F. The Balaban J connectivity index is 2.29. The predicted molar refractivity (Wildman–Crippen MR) is 55.7 cm³/mol. The quantitative estimate of drug-likeness (QED) is 0.725. The van der Waals surface area contributed by atoms with E-state index in [0.29, 0.717) is 25.8 Å². The van der Waals surface area contributed by atoms with Crippen molar-refractivity contribution in [3.8, 4) is 0 Å². The van der Waals surface area contributed by atoms with Crippen molar-refractivity contribution in [3.05, 3.63) is 23.9 Å². The maximum Gasteiger partial charge on any atom is 0.217 e. The lowest BCUT2D eigenvalue weighted by atomic mass is 10.2. The molecule has 0 saturated heterocycles. The molecule has 88 valence electrons. The van der Waals surface area contributed by atoms with E-state index in [4.69, 9.17) is 5.73 Å². The summed E-state index contributed by atoms with van der Waals surface area (Å²) in [6.07, 6.45) is 2.54. The Morgan fingerprint density at radius 2 is 2.19 bits per heavy atom. The topological polar surface area (TPSA) is 68.0 Å². The molecule has 3 N–H and O–H groups in total. The zero-order chi connectivity index (χ0) is 12.0. The van der Waals surface area contributed by atoms with Crippen LogP contribution < -0.4 is 11.1 Å². The minimum atomic E-state index is -0.727. The molecule has 0 aromatic carbocycles. The third-order valence-corrected chi connectivity index (χ3v) is 1.95. The van der Waals surface area contributed by atoms with Crippen LogP contribution in [0.5, 0.6) is 0 Å². The molecule has 1 rings (SSSR count). The number of unbranched alkanes of at least 4 members (excludes halogenated alkanes) is 1. The molecule has 16 heavy (non-hydrogen) atoms. The predicted octanol–water partition coefficient (Wildman–Crippen LogP) is 1.43. The molecule has 0 saturated carbocycles. The first-order valence-electron chi connectivity index (χ1n) is 4.93. The van der Waals surface area contributed by atoms with Gasteiger partial charge >= 0.3 is 0 Å². The van der Waals surface area contributed by atoms with Crippen molar-refractivity contribution in [2.24, 2.45) is 5.73 Å². The Labute approximate surface area is 91.9 Å². The van der Waals surface area contributed by atoms with Gasteiger partial charge in [-0.1, -0.05) is 0 Å². The first kappa shape index (κ1) is 12.4. The number of hydrogen-bond donors (Lipinski definition) is 2. The normalized spacial score (nSPS) is 10.1. The Bertz CT molecular complexity index is 371. The molecule has 1 aromatic rings. The molecular formula is C10H13F2N3O. The van der Waals surface area contributed by atoms with Crippen LogP contribution in [-0.2, 0) is 4.79 Å². The fraction of sp³-hybridized carbons (Fsp3) is 0.400. The fourth-order valence-electron chi connectivity index (χ4n) is 1.18. The molecule has 1 aromatic heterocycles. The number of halogens is 2. The van der Waals surface area contributed by atoms with E-state index in [2.05, 4.69) is 10.3 Å². The second kappa shape index (κ2) is 5.99. The molecule has 0 aliphatic rings. The molecule has 0 radical (unpaired) electrons. The van der Waals surface area contributed by atoms with E-state index in [1.54, 1.807) is 0 Å². The van der Waals surface area contributed by atoms with E-state index in [1.165, 1.54) is 0 Å². The summed E-state index contributed by atoms with van der Waals surface area (Å²) in [4.78, 5) is 14.0. The molecule has 0 unspecified atom stereocenters. The molecular weight excluding hydrogens is 216 g/mol. The van der Waals surface area contributed by atoms with Crippen LogP contribution in [0.15, 0.2) is 12.3 Å². The highest BCUT2D eigenvalue weighted by atomic mass is 19.1. The van der Waals surface area contributed by atoms with Crippen LogP contribution in [0.1, 0.15) is 19.3 Å². The van der Waals surface area contributed by atoms with Gasteiger partial charge < -0.3 is 11.1 Å². The smallest absolute Gasteiger partial charge is 0.217 e. The van der Waals surface area contributed by atoms with Crippen molar-refractivity contribution in [1.82, 2.24) is 4.98 Å². The van der Waals surface area contributed by atoms with Gasteiger partial charge in [-0.25, -0.2) is 13.8 Å². The molecule has 0 fully saturated rings. The zero-order valence-electron chi connectivity index (χ0n) is 8.67. The van der Waals surface area contributed by atoms with Crippen molar-refractivity contribution in [2.75, 3.05) is 11.9 Å². The summed E-state index contributed by atoms with van der Waals surface area (Å²) in [5.74, 6) is -1.78. The third kappa shape index (κ3) is 4.20. The number of amides is 1. The second-order valence-electron chi connectivity index (χ2n) is 3.33. The summed E-state index contributed by atoms with van der Waals surface area (Å²) in [6.45, 7) is 0.461. The highest BCUT2D eigenvalue weighted by molar-refractivity contribution is 5.73. The lowest BCUT2D eigenvalue weighted by Crippen LogP contribution is -2.11. The fourth-order valence-corrected chi connectivity index (χ4v) is 1.18. The van der Waals surface area contributed by atoms with E-state index < -0.39 is 11.6 Å². The summed E-state index contributed by atoms with van der Waals surface area (Å²) in [7, 11) is 0. The number of rotatable bonds is 6. The highest BCUT2D eigenvalue weighted by Gasteiger charge is 2.04. The molecule has 6 heteroatoms. The minimum absolute atomic E-state index is 0.0143. The molecule has 0 aliphatic carbocycles. The standard InChI is InChI=1S/C10H13F2N3O/c11-7-5-8(12)10(15-6-7)14-4-2-1-3-9(13)16/h5-6H,1-4H2,(H2,13,16)(H,14,15). The number of hydrogen-bond acceptors (Lipinski definition) is 3. The summed E-state index contributed by atoms with van der Waals surface area (Å²) in [5.41, 5.74) is 4.95. The first-order chi connectivity index (χ1) is 7.59. The maximum absolute atomic E-state index is 13.0. The molecule has 4 nitrogen and oxygen atoms in total. The van der Waals surface area contributed by atoms with Gasteiger partial charge in [-0.05, 0) is 12.8 Å². The van der Waals surface area contributed by atoms with Crippen molar-refractivity contribution >= 4 is 11.7 Å². The van der Waals surface area contributed by atoms with Crippen LogP contribution in [0.25, 0.3) is 0 Å². The summed E-state index contributed by atoms with van der Waals surface area (Å²) in [5, 5.41) is 2.71. The average Bonchev–Trinajstić information content (AvgIpc) is 2.20. The summed E-state index contributed by atoms with van der Waals surface area (Å²) >= 11 is 0. The van der Waals surface area contributed by atoms with Gasteiger partial charge in [0.1, 0.15) is 5.82 Å². The Kier molecular flexibility index (Phi) is 4.63. The maximum atomic E-state index is 13.0. The molecule has 0 atom stereocenters. The van der Waals surface area contributed by atoms with Gasteiger partial charge in [0.25, 0.3) is 0 Å². The van der Waals surface area contributed by atoms with Crippen LogP contribution in [0.2, 0.25) is 0 Å². The average molecular weight is 229 g/mol. The van der Waals surface area contributed by atoms with E-state index in [9.17, 15) is 13.6 Å². The van der Waals surface area contributed by atoms with E-state index in [0.717, 1.165) is 12.3 Å². The van der Waals surface area contributed by atoms with Crippen LogP contribution in [0, 0.1) is 11.6 Å². The number of nitrogens with zero attached hydrogens (tertiary/aromatic N) is 1. The lowest BCUT2D eigenvalue weighted by molar-refractivity contribution is -0.118. The van der Waals surface area contributed by atoms with Gasteiger partial charge in [-0.15, -0.1) is 0 Å². The van der Waals surface area contributed by atoms with Gasteiger partial charge in [0.2, 0.25) is 5.91 Å². The van der Waals surface area contributed by atoms with E-state index >= 15 is 0 Å². The van der Waals surface area contributed by atoms with Gasteiger partial charge in [0.15, 0.2) is 11.6 Å². The number of anilines is 1. The second-order valence-corrected chi connectivity index (χ2v) is 3.33. The van der Waals surface area contributed by atoms with Crippen LogP contribution in [-0.4, -0.2) is 17.4 Å². The minimum Gasteiger partial charge on any atom is -0.370 e. The number of primary amides is 1. The van der Waals surface area contributed by atoms with E-state index in [1.807, 2.05) is 0 Å². The largest absolute Gasteiger partial charge is 0.370 e. The first-order valence-corrected chi connectivity index (χ1v) is 4.93. The number of carbonyl (C=O) groups excluding carboxylic acids is 1. The zero-order valence-corrected chi connectivity index (χ0v) is 8.67. The number of pyridine rings is 1. The van der Waals surface area contributed by atoms with Gasteiger partial charge in [0, 0.05) is 19.0 Å². The molecule has 1 amide bonds. The van der Waals surface area contributed by atoms with Crippen molar-refractivity contribution in [1.29, 1.82) is 0 Å². The number of carbonyl (C=O) groups is 1. The van der Waals surface area contributed by atoms with Crippen LogP contribution >= 0.6 is 0 Å². The molecule has 0 spiro atoms. The monoisotopic (exact) mass is 229 g/mol. The van der Waals surface area contributed by atoms with Gasteiger partial charge in [-0.2, -0.15) is 0 Å². The van der Waals surface area contributed by atoms with Gasteiger partial charge in [0.05, 0.1) is 6.20 Å². The molecule has 0 bridgehead atoms. The van der Waals surface area contributed by atoms with E-state index in [-0.39, 0.29) is 11.7 Å². The lowest BCUT2D eigenvalue weighted by Gasteiger charge is -2.05. The van der Waals surface area contributed by atoms with Crippen molar-refractivity contribution in [2.45, 2.75) is 19.3 Å². The number of aromatic nitrogens is 1. The Hall–Kier alpha value is -1.72. The van der Waals surface area contributed by atoms with Crippen molar-refractivity contribution < 1.29 is 13.6 Å².